The number of aromatic nitrogens is 1. The van der Waals surface area contributed by atoms with Crippen LogP contribution in [-0.4, -0.2) is 30.2 Å². The molecule has 0 fully saturated rings. The Balaban J connectivity index is 1.58. The van der Waals surface area contributed by atoms with Crippen LogP contribution in [0, 0.1) is 0 Å². The van der Waals surface area contributed by atoms with Gasteiger partial charge in [-0.15, -0.1) is 0 Å². The van der Waals surface area contributed by atoms with E-state index in [1.54, 1.807) is 50.1 Å². The number of anilines is 1. The van der Waals surface area contributed by atoms with Crippen molar-refractivity contribution in [2.24, 2.45) is 4.99 Å². The first-order valence-electron chi connectivity index (χ1n) is 13.3. The maximum absolute atomic E-state index is 14.3. The van der Waals surface area contributed by atoms with E-state index in [4.69, 9.17) is 21.1 Å². The first-order valence-corrected chi connectivity index (χ1v) is 14.5. The van der Waals surface area contributed by atoms with Crippen LogP contribution < -0.4 is 24.5 Å². The Kier molecular flexibility index (Phi) is 7.30. The SMILES string of the molecule is CCOC(=O)C1=C(C)N=c2s/c(=C3/C(=O)N(Cc4ccccc4Cl)c4ccccc43)c(=O)n2[C@@H]1c1cccc(OC)c1. The topological polar surface area (TPSA) is 90.2 Å². The van der Waals surface area contributed by atoms with Crippen molar-refractivity contribution in [1.29, 1.82) is 0 Å². The van der Waals surface area contributed by atoms with Gasteiger partial charge in [-0.05, 0) is 49.2 Å². The number of thiazole rings is 1. The maximum Gasteiger partial charge on any atom is 0.338 e. The monoisotopic (exact) mass is 599 g/mol. The van der Waals surface area contributed by atoms with Crippen LogP contribution in [0.2, 0.25) is 5.02 Å². The number of para-hydroxylation sites is 1. The molecule has 3 aromatic carbocycles. The summed E-state index contributed by atoms with van der Waals surface area (Å²) >= 11 is 7.57. The molecule has 0 bridgehead atoms. The van der Waals surface area contributed by atoms with E-state index in [9.17, 15) is 14.4 Å². The number of hydrogen-bond acceptors (Lipinski definition) is 7. The Bertz CT molecular complexity index is 1980. The molecule has 6 rings (SSSR count). The van der Waals surface area contributed by atoms with E-state index in [1.165, 1.54) is 4.57 Å². The van der Waals surface area contributed by atoms with Gasteiger partial charge >= 0.3 is 5.97 Å². The van der Waals surface area contributed by atoms with Gasteiger partial charge in [-0.25, -0.2) is 9.79 Å². The zero-order chi connectivity index (χ0) is 29.5. The molecule has 10 heteroatoms. The molecule has 42 heavy (non-hydrogen) atoms. The molecule has 0 N–H and O–H groups in total. The second kappa shape index (κ2) is 11.1. The molecule has 4 aromatic rings. The second-order valence-electron chi connectivity index (χ2n) is 9.77. The van der Waals surface area contributed by atoms with Gasteiger partial charge in [0.15, 0.2) is 4.80 Å². The lowest BCUT2D eigenvalue weighted by Gasteiger charge is -2.25. The van der Waals surface area contributed by atoms with Crippen LogP contribution in [0.3, 0.4) is 0 Å². The fraction of sp³-hybridized carbons (Fsp3) is 0.188. The van der Waals surface area contributed by atoms with Gasteiger partial charge in [-0.1, -0.05) is 71.5 Å². The van der Waals surface area contributed by atoms with E-state index >= 15 is 0 Å². The Morgan fingerprint density at radius 2 is 1.81 bits per heavy atom. The molecule has 3 heterocycles. The van der Waals surface area contributed by atoms with E-state index in [0.29, 0.717) is 43.7 Å². The Morgan fingerprint density at radius 3 is 2.57 bits per heavy atom. The van der Waals surface area contributed by atoms with Crippen LogP contribution in [0.5, 0.6) is 5.75 Å². The minimum atomic E-state index is -0.823. The number of fused-ring (bicyclic) bond motifs is 2. The number of ether oxygens (including phenoxy) is 2. The predicted molar refractivity (Wildman–Crippen MR) is 161 cm³/mol. The molecule has 0 saturated carbocycles. The van der Waals surface area contributed by atoms with Crippen LogP contribution >= 0.6 is 22.9 Å². The number of benzene rings is 3. The molecular formula is C32H26ClN3O5S. The number of carbonyl (C=O) groups is 2. The third-order valence-electron chi connectivity index (χ3n) is 7.34. The first kappa shape index (κ1) is 27.7. The van der Waals surface area contributed by atoms with Crippen molar-refractivity contribution in [2.45, 2.75) is 26.4 Å². The molecule has 212 valence electrons. The summed E-state index contributed by atoms with van der Waals surface area (Å²) in [6.07, 6.45) is 0. The third kappa shape index (κ3) is 4.55. The summed E-state index contributed by atoms with van der Waals surface area (Å²) in [5.74, 6) is -0.288. The lowest BCUT2D eigenvalue weighted by atomic mass is 9.95. The van der Waals surface area contributed by atoms with Gasteiger partial charge in [0, 0.05) is 10.6 Å². The van der Waals surface area contributed by atoms with Crippen molar-refractivity contribution >= 4 is 46.1 Å². The third-order valence-corrected chi connectivity index (χ3v) is 8.76. The average Bonchev–Trinajstić information content (AvgIpc) is 3.45. The first-order chi connectivity index (χ1) is 20.3. The molecule has 0 spiro atoms. The molecule has 8 nitrogen and oxygen atoms in total. The number of nitrogens with zero attached hydrogens (tertiary/aromatic N) is 3. The van der Waals surface area contributed by atoms with Gasteiger partial charge in [-0.3, -0.25) is 14.2 Å². The highest BCUT2D eigenvalue weighted by atomic mass is 35.5. The zero-order valence-corrected chi connectivity index (χ0v) is 24.7. The van der Waals surface area contributed by atoms with Gasteiger partial charge in [0.2, 0.25) is 0 Å². The number of halogens is 1. The van der Waals surface area contributed by atoms with Crippen molar-refractivity contribution < 1.29 is 19.1 Å². The number of carbonyl (C=O) groups excluding carboxylic acids is 2. The number of allylic oxidation sites excluding steroid dienone is 1. The Hall–Kier alpha value is -4.47. The van der Waals surface area contributed by atoms with Gasteiger partial charge in [0.1, 0.15) is 10.3 Å². The van der Waals surface area contributed by atoms with Crippen molar-refractivity contribution in [2.75, 3.05) is 18.6 Å². The van der Waals surface area contributed by atoms with E-state index in [0.717, 1.165) is 16.9 Å². The van der Waals surface area contributed by atoms with Crippen LogP contribution in [0.4, 0.5) is 5.69 Å². The molecule has 1 amide bonds. The van der Waals surface area contributed by atoms with Crippen LogP contribution in [0.25, 0.3) is 5.57 Å². The number of rotatable bonds is 6. The number of hydrogen-bond donors (Lipinski definition) is 0. The molecule has 2 aliphatic rings. The van der Waals surface area contributed by atoms with Crippen LogP contribution in [0.1, 0.15) is 36.6 Å². The van der Waals surface area contributed by atoms with Crippen LogP contribution in [0.15, 0.2) is 93.9 Å². The summed E-state index contributed by atoms with van der Waals surface area (Å²) in [5.41, 5.74) is 3.36. The van der Waals surface area contributed by atoms with Gasteiger partial charge in [0.25, 0.3) is 11.5 Å². The fourth-order valence-electron chi connectivity index (χ4n) is 5.42. The van der Waals surface area contributed by atoms with E-state index in [-0.39, 0.29) is 29.2 Å². The van der Waals surface area contributed by atoms with Crippen LogP contribution in [-0.2, 0) is 20.9 Å². The lowest BCUT2D eigenvalue weighted by molar-refractivity contribution is -0.139. The quantitative estimate of drug-likeness (QED) is 0.307. The molecule has 1 atom stereocenters. The van der Waals surface area contributed by atoms with E-state index in [1.807, 2.05) is 48.5 Å². The second-order valence-corrected chi connectivity index (χ2v) is 11.2. The summed E-state index contributed by atoms with van der Waals surface area (Å²) in [6, 6.07) is 21.1. The van der Waals surface area contributed by atoms with Crippen molar-refractivity contribution in [3.05, 3.63) is 125 Å². The molecule has 0 radical (unpaired) electrons. The maximum atomic E-state index is 14.3. The zero-order valence-electron chi connectivity index (χ0n) is 23.1. The number of methoxy groups -OCH3 is 1. The van der Waals surface area contributed by atoms with Crippen molar-refractivity contribution in [3.8, 4) is 5.75 Å². The Morgan fingerprint density at radius 1 is 1.05 bits per heavy atom. The normalized spacial score (nSPS) is 17.1. The highest BCUT2D eigenvalue weighted by Crippen LogP contribution is 2.37. The largest absolute Gasteiger partial charge is 0.497 e. The average molecular weight is 600 g/mol. The van der Waals surface area contributed by atoms with E-state index in [2.05, 4.69) is 4.99 Å². The molecule has 0 unspecified atom stereocenters. The van der Waals surface area contributed by atoms with Gasteiger partial charge in [-0.2, -0.15) is 0 Å². The van der Waals surface area contributed by atoms with Gasteiger partial charge < -0.3 is 14.4 Å². The van der Waals surface area contributed by atoms with E-state index < -0.39 is 17.6 Å². The number of amides is 1. The highest BCUT2D eigenvalue weighted by Gasteiger charge is 2.37. The Labute approximate surface area is 250 Å². The predicted octanol–water partition coefficient (Wildman–Crippen LogP) is 4.38. The molecule has 1 aromatic heterocycles. The molecule has 0 saturated heterocycles. The fourth-order valence-corrected chi connectivity index (χ4v) is 6.75. The summed E-state index contributed by atoms with van der Waals surface area (Å²) in [5, 5.41) is 0.552. The van der Waals surface area contributed by atoms with Crippen molar-refractivity contribution in [1.82, 2.24) is 4.57 Å². The van der Waals surface area contributed by atoms with Gasteiger partial charge in [0.05, 0.1) is 48.8 Å². The molecule has 2 aliphatic heterocycles. The van der Waals surface area contributed by atoms with Crippen molar-refractivity contribution in [3.63, 3.8) is 0 Å². The summed E-state index contributed by atoms with van der Waals surface area (Å²) in [4.78, 5) is 48.3. The number of esters is 1. The standard InChI is InChI=1S/C32H26ClN3O5S/c1-4-41-31(39)25-18(2)34-32-36(27(25)19-11-9-12-21(16-19)40-3)30(38)28(42-32)26-22-13-6-8-15-24(22)35(29(26)37)17-20-10-5-7-14-23(20)33/h5-16,27H,4,17H2,1-3H3/b28-26+/t27-/m1/s1. The molecule has 0 aliphatic carbocycles. The highest BCUT2D eigenvalue weighted by molar-refractivity contribution is 7.07. The summed E-state index contributed by atoms with van der Waals surface area (Å²) in [7, 11) is 1.55. The molecular weight excluding hydrogens is 574 g/mol. The minimum Gasteiger partial charge on any atom is -0.497 e. The smallest absolute Gasteiger partial charge is 0.338 e. The summed E-state index contributed by atoms with van der Waals surface area (Å²) in [6.45, 7) is 3.86. The lowest BCUT2D eigenvalue weighted by Crippen LogP contribution is -2.41. The summed E-state index contributed by atoms with van der Waals surface area (Å²) < 4.78 is 12.6. The minimum absolute atomic E-state index is 0.168.